The van der Waals surface area contributed by atoms with Crippen molar-refractivity contribution in [3.05, 3.63) is 34.9 Å². The first kappa shape index (κ1) is 10.7. The molecular weight excluding hydrogens is 212 g/mol. The molecule has 2 rings (SSSR count). The van der Waals surface area contributed by atoms with Gasteiger partial charge in [0.2, 0.25) is 0 Å². The van der Waals surface area contributed by atoms with Crippen molar-refractivity contribution in [3.63, 3.8) is 0 Å². The largest absolute Gasteiger partial charge is 0.385 e. The first-order valence-corrected chi connectivity index (χ1v) is 5.54. The molecule has 0 aromatic heterocycles. The Bertz CT molecular complexity index is 376. The lowest BCUT2D eigenvalue weighted by Gasteiger charge is -2.25. The number of halogens is 1. The predicted molar refractivity (Wildman–Crippen MR) is 59.1 cm³/mol. The molecule has 1 saturated carbocycles. The summed E-state index contributed by atoms with van der Waals surface area (Å²) in [5, 5.41) is 10.1. The Labute approximate surface area is 93.9 Å². The van der Waals surface area contributed by atoms with Crippen LogP contribution in [0.15, 0.2) is 24.3 Å². The topological polar surface area (TPSA) is 37.3 Å². The molecule has 1 aromatic rings. The summed E-state index contributed by atoms with van der Waals surface area (Å²) in [5.41, 5.74) is 0.850. The van der Waals surface area contributed by atoms with Gasteiger partial charge in [-0.15, -0.1) is 0 Å². The lowest BCUT2D eigenvalue weighted by atomic mass is 9.81. The molecule has 2 nitrogen and oxygen atoms in total. The normalized spacial score (nSPS) is 26.7. The summed E-state index contributed by atoms with van der Waals surface area (Å²) in [6.45, 7) is 0. The summed E-state index contributed by atoms with van der Waals surface area (Å²) in [7, 11) is 0. The zero-order valence-corrected chi connectivity index (χ0v) is 9.07. The Balaban J connectivity index is 2.30. The van der Waals surface area contributed by atoms with Gasteiger partial charge in [-0.3, -0.25) is 4.79 Å². The fourth-order valence-corrected chi connectivity index (χ4v) is 2.37. The summed E-state index contributed by atoms with van der Waals surface area (Å²) >= 11 is 6.04. The summed E-state index contributed by atoms with van der Waals surface area (Å²) in [4.78, 5) is 11.8. The highest BCUT2D eigenvalue weighted by molar-refractivity contribution is 6.31. The van der Waals surface area contributed by atoms with Crippen molar-refractivity contribution < 1.29 is 9.90 Å². The molecule has 0 aliphatic heterocycles. The van der Waals surface area contributed by atoms with E-state index in [0.717, 1.165) is 18.4 Å². The van der Waals surface area contributed by atoms with Crippen LogP contribution >= 0.6 is 11.6 Å². The molecule has 1 fully saturated rings. The zero-order valence-electron chi connectivity index (χ0n) is 8.32. The second-order valence-electron chi connectivity index (χ2n) is 3.92. The molecule has 1 aliphatic rings. The number of aliphatic hydroxyl groups is 1. The number of aliphatic hydroxyl groups excluding tert-OH is 1. The van der Waals surface area contributed by atoms with E-state index in [0.29, 0.717) is 11.4 Å². The molecule has 0 saturated heterocycles. The Morgan fingerprint density at radius 3 is 2.73 bits per heavy atom. The minimum Gasteiger partial charge on any atom is -0.385 e. The van der Waals surface area contributed by atoms with Crippen LogP contribution in [-0.4, -0.2) is 17.0 Å². The van der Waals surface area contributed by atoms with Crippen LogP contribution in [0.1, 0.15) is 30.7 Å². The van der Waals surface area contributed by atoms with Gasteiger partial charge in [0.1, 0.15) is 6.10 Å². The van der Waals surface area contributed by atoms with E-state index in [4.69, 9.17) is 11.6 Å². The predicted octanol–water partition coefficient (Wildman–Crippen LogP) is 2.54. The number of rotatable bonds is 1. The molecule has 1 aliphatic carbocycles. The second kappa shape index (κ2) is 4.33. The summed E-state index contributed by atoms with van der Waals surface area (Å²) < 4.78 is 0. The van der Waals surface area contributed by atoms with Crippen molar-refractivity contribution in [1.29, 1.82) is 0 Å². The van der Waals surface area contributed by atoms with Crippen LogP contribution in [0.5, 0.6) is 0 Å². The minimum atomic E-state index is -0.806. The Morgan fingerprint density at radius 1 is 1.27 bits per heavy atom. The first-order chi connectivity index (χ1) is 7.20. The van der Waals surface area contributed by atoms with Gasteiger partial charge in [-0.05, 0) is 30.9 Å². The Kier molecular flexibility index (Phi) is 3.08. The standard InChI is InChI=1S/C12H13ClO2/c13-10-6-2-1-4-8(10)9-5-3-7-11(14)12(9)15/h1-2,4,6,9,11,14H,3,5,7H2/t9?,11-/m0/s1. The van der Waals surface area contributed by atoms with Gasteiger partial charge < -0.3 is 5.11 Å². The molecule has 0 spiro atoms. The fourth-order valence-electron chi connectivity index (χ4n) is 2.10. The average molecular weight is 225 g/mol. The summed E-state index contributed by atoms with van der Waals surface area (Å²) in [5.74, 6) is -0.309. The highest BCUT2D eigenvalue weighted by atomic mass is 35.5. The van der Waals surface area contributed by atoms with Gasteiger partial charge in [0.05, 0.1) is 0 Å². The highest BCUT2D eigenvalue weighted by Crippen LogP contribution is 2.33. The molecule has 1 N–H and O–H groups in total. The number of carbonyl (C=O) groups is 1. The maximum atomic E-state index is 11.8. The van der Waals surface area contributed by atoms with E-state index in [1.165, 1.54) is 0 Å². The zero-order chi connectivity index (χ0) is 10.8. The summed E-state index contributed by atoms with van der Waals surface area (Å²) in [6.07, 6.45) is 1.45. The molecule has 80 valence electrons. The Hall–Kier alpha value is -0.860. The molecule has 1 aromatic carbocycles. The minimum absolute atomic E-state index is 0.0886. The van der Waals surface area contributed by atoms with Gasteiger partial charge in [0.15, 0.2) is 5.78 Å². The van der Waals surface area contributed by atoms with E-state index in [-0.39, 0.29) is 11.7 Å². The molecule has 15 heavy (non-hydrogen) atoms. The van der Waals surface area contributed by atoms with Crippen LogP contribution in [0.3, 0.4) is 0 Å². The van der Waals surface area contributed by atoms with E-state index < -0.39 is 6.10 Å². The molecule has 1 unspecified atom stereocenters. The number of benzene rings is 1. The number of ketones is 1. The molecule has 0 heterocycles. The van der Waals surface area contributed by atoms with Gasteiger partial charge in [0.25, 0.3) is 0 Å². The third kappa shape index (κ3) is 2.06. The lowest BCUT2D eigenvalue weighted by Crippen LogP contribution is -2.31. The lowest BCUT2D eigenvalue weighted by molar-refractivity contribution is -0.131. The van der Waals surface area contributed by atoms with Gasteiger partial charge in [-0.25, -0.2) is 0 Å². The number of carbonyl (C=O) groups excluding carboxylic acids is 1. The van der Waals surface area contributed by atoms with E-state index >= 15 is 0 Å². The van der Waals surface area contributed by atoms with E-state index in [2.05, 4.69) is 0 Å². The van der Waals surface area contributed by atoms with Crippen LogP contribution in [0.2, 0.25) is 5.02 Å². The van der Waals surface area contributed by atoms with Gasteiger partial charge in [-0.2, -0.15) is 0 Å². The summed E-state index contributed by atoms with van der Waals surface area (Å²) in [6, 6.07) is 7.36. The number of hydrogen-bond acceptors (Lipinski definition) is 2. The quantitative estimate of drug-likeness (QED) is 0.796. The average Bonchev–Trinajstić information content (AvgIpc) is 2.23. The maximum Gasteiger partial charge on any atom is 0.168 e. The molecule has 0 bridgehead atoms. The van der Waals surface area contributed by atoms with Crippen molar-refractivity contribution in [3.8, 4) is 0 Å². The van der Waals surface area contributed by atoms with E-state index in [1.807, 2.05) is 18.2 Å². The molecule has 0 amide bonds. The van der Waals surface area contributed by atoms with Gasteiger partial charge in [-0.1, -0.05) is 29.8 Å². The highest BCUT2D eigenvalue weighted by Gasteiger charge is 2.31. The molecule has 0 radical (unpaired) electrons. The van der Waals surface area contributed by atoms with Crippen molar-refractivity contribution in [1.82, 2.24) is 0 Å². The second-order valence-corrected chi connectivity index (χ2v) is 4.33. The molecular formula is C12H13ClO2. The molecule has 3 heteroatoms. The smallest absolute Gasteiger partial charge is 0.168 e. The first-order valence-electron chi connectivity index (χ1n) is 5.16. The van der Waals surface area contributed by atoms with Crippen LogP contribution in [-0.2, 0) is 4.79 Å². The van der Waals surface area contributed by atoms with E-state index in [9.17, 15) is 9.90 Å². The van der Waals surface area contributed by atoms with E-state index in [1.54, 1.807) is 6.07 Å². The van der Waals surface area contributed by atoms with Crippen molar-refractivity contribution in [2.24, 2.45) is 0 Å². The van der Waals surface area contributed by atoms with Crippen LogP contribution < -0.4 is 0 Å². The monoisotopic (exact) mass is 224 g/mol. The third-order valence-corrected chi connectivity index (χ3v) is 3.27. The van der Waals surface area contributed by atoms with Gasteiger partial charge in [0, 0.05) is 10.9 Å². The van der Waals surface area contributed by atoms with Crippen LogP contribution in [0.25, 0.3) is 0 Å². The van der Waals surface area contributed by atoms with Crippen LogP contribution in [0, 0.1) is 0 Å². The fraction of sp³-hybridized carbons (Fsp3) is 0.417. The molecule has 2 atom stereocenters. The number of Topliss-reactive ketones (excluding diaryl/α,β-unsaturated/α-hetero) is 1. The third-order valence-electron chi connectivity index (χ3n) is 2.92. The van der Waals surface area contributed by atoms with Crippen LogP contribution in [0.4, 0.5) is 0 Å². The van der Waals surface area contributed by atoms with Crippen molar-refractivity contribution in [2.45, 2.75) is 31.3 Å². The maximum absolute atomic E-state index is 11.8. The Morgan fingerprint density at radius 2 is 2.00 bits per heavy atom. The number of hydrogen-bond donors (Lipinski definition) is 1. The SMILES string of the molecule is O=C1C(c2ccccc2Cl)CCC[C@@H]1O. The van der Waals surface area contributed by atoms with Gasteiger partial charge >= 0.3 is 0 Å². The van der Waals surface area contributed by atoms with Crippen molar-refractivity contribution >= 4 is 17.4 Å². The van der Waals surface area contributed by atoms with Crippen molar-refractivity contribution in [2.75, 3.05) is 0 Å².